The fraction of sp³-hybridized carbons (Fsp3) is 0.750. The Morgan fingerprint density at radius 3 is 2.16 bits per heavy atom. The number of allylic oxidation sites excluding steroid dienone is 1. The summed E-state index contributed by atoms with van der Waals surface area (Å²) in [5.74, 6) is -4.29. The van der Waals surface area contributed by atoms with Crippen LogP contribution >= 0.6 is 0 Å². The van der Waals surface area contributed by atoms with E-state index in [4.69, 9.17) is 9.47 Å². The minimum Gasteiger partial charge on any atom is -0.465 e. The SMILES string of the molecule is CCCCOC(=O)C(C)CC(=O)CC(C)C1CC(=O)C2(C)C3=C(C(=O)C(OC(C)=O)C12C)C1(C)CCC(=O)C(C)(C)C1CC3=O. The maximum absolute atomic E-state index is 14.7. The number of hydrogen-bond donors (Lipinski definition) is 0. The van der Waals surface area contributed by atoms with Gasteiger partial charge in [-0.1, -0.05) is 54.9 Å². The fourth-order valence-electron chi connectivity index (χ4n) is 9.44. The number of hydrogen-bond acceptors (Lipinski definition) is 9. The van der Waals surface area contributed by atoms with E-state index in [1.165, 1.54) is 6.92 Å². The third kappa shape index (κ3) is 5.26. The van der Waals surface area contributed by atoms with Gasteiger partial charge in [-0.25, -0.2) is 0 Å². The fourth-order valence-corrected chi connectivity index (χ4v) is 9.44. The first-order chi connectivity index (χ1) is 20.8. The first-order valence-electron chi connectivity index (χ1n) is 16.5. The Bertz CT molecular complexity index is 1370. The Balaban J connectivity index is 1.75. The standard InChI is InChI=1S/C36H50O9/c1-10-11-14-44-32(43)20(3)16-22(38)15-19(2)23-17-27(41)36(9)28-24(39)18-25-33(5,6)26(40)12-13-34(25,7)29(28)30(42)31(35(23,36)8)45-21(4)37/h19-20,23,25,31H,10-18H2,1-9H3. The van der Waals surface area contributed by atoms with Crippen LogP contribution in [0.4, 0.5) is 0 Å². The molecule has 0 spiro atoms. The molecule has 0 aromatic carbocycles. The molecule has 0 aromatic rings. The summed E-state index contributed by atoms with van der Waals surface area (Å²) in [6, 6.07) is 0. The molecule has 0 bridgehead atoms. The van der Waals surface area contributed by atoms with E-state index in [1.54, 1.807) is 20.8 Å². The van der Waals surface area contributed by atoms with E-state index in [-0.39, 0.29) is 66.4 Å². The number of esters is 2. The molecule has 0 aromatic heterocycles. The highest BCUT2D eigenvalue weighted by Crippen LogP contribution is 2.70. The first kappa shape index (κ1) is 34.9. The van der Waals surface area contributed by atoms with Gasteiger partial charge in [0.25, 0.3) is 0 Å². The molecule has 0 aliphatic heterocycles. The van der Waals surface area contributed by atoms with Gasteiger partial charge in [0, 0.05) is 66.4 Å². The molecule has 8 atom stereocenters. The normalized spacial score (nSPS) is 35.3. The summed E-state index contributed by atoms with van der Waals surface area (Å²) < 4.78 is 11.1. The average molecular weight is 627 g/mol. The van der Waals surface area contributed by atoms with Crippen molar-refractivity contribution in [1.29, 1.82) is 0 Å². The highest BCUT2D eigenvalue weighted by Gasteiger charge is 2.74. The van der Waals surface area contributed by atoms with Crippen LogP contribution in [0, 0.1) is 45.3 Å². The number of ether oxygens (including phenoxy) is 2. The molecule has 8 unspecified atom stereocenters. The van der Waals surface area contributed by atoms with E-state index in [0.717, 1.165) is 12.8 Å². The molecule has 0 saturated heterocycles. The van der Waals surface area contributed by atoms with Crippen molar-refractivity contribution in [2.75, 3.05) is 6.61 Å². The van der Waals surface area contributed by atoms with Crippen molar-refractivity contribution in [3.8, 4) is 0 Å². The maximum atomic E-state index is 14.7. The molecule has 2 saturated carbocycles. The zero-order valence-electron chi connectivity index (χ0n) is 28.4. The number of rotatable bonds is 10. The Labute approximate surface area is 266 Å². The maximum Gasteiger partial charge on any atom is 0.309 e. The molecule has 4 rings (SSSR count). The number of carbonyl (C=O) groups excluding carboxylic acids is 7. The Kier molecular flexibility index (Phi) is 9.30. The second-order valence-corrected chi connectivity index (χ2v) is 15.3. The van der Waals surface area contributed by atoms with Crippen molar-refractivity contribution in [3.63, 3.8) is 0 Å². The van der Waals surface area contributed by atoms with E-state index < -0.39 is 69.2 Å². The molecule has 45 heavy (non-hydrogen) atoms. The summed E-state index contributed by atoms with van der Waals surface area (Å²) in [5.41, 5.74) is -4.00. The van der Waals surface area contributed by atoms with Crippen molar-refractivity contribution < 1.29 is 43.0 Å². The van der Waals surface area contributed by atoms with Gasteiger partial charge >= 0.3 is 11.9 Å². The molecule has 0 radical (unpaired) electrons. The lowest BCUT2D eigenvalue weighted by atomic mass is 9.42. The lowest BCUT2D eigenvalue weighted by Crippen LogP contribution is -2.64. The van der Waals surface area contributed by atoms with Crippen LogP contribution < -0.4 is 0 Å². The lowest BCUT2D eigenvalue weighted by molar-refractivity contribution is -0.175. The molecule has 9 heteroatoms. The van der Waals surface area contributed by atoms with E-state index in [9.17, 15) is 33.6 Å². The number of unbranched alkanes of at least 4 members (excludes halogenated alkanes) is 1. The highest BCUT2D eigenvalue weighted by atomic mass is 16.5. The zero-order valence-corrected chi connectivity index (χ0v) is 28.4. The van der Waals surface area contributed by atoms with Crippen molar-refractivity contribution in [3.05, 3.63) is 11.1 Å². The van der Waals surface area contributed by atoms with Gasteiger partial charge in [-0.05, 0) is 37.5 Å². The van der Waals surface area contributed by atoms with Gasteiger partial charge in [0.2, 0.25) is 5.78 Å². The van der Waals surface area contributed by atoms with Crippen LogP contribution in [0.15, 0.2) is 11.1 Å². The van der Waals surface area contributed by atoms with Crippen LogP contribution in [0.5, 0.6) is 0 Å². The minimum absolute atomic E-state index is 0.00921. The van der Waals surface area contributed by atoms with Crippen molar-refractivity contribution in [1.82, 2.24) is 0 Å². The molecule has 4 aliphatic carbocycles. The van der Waals surface area contributed by atoms with Crippen LogP contribution in [-0.4, -0.2) is 53.6 Å². The van der Waals surface area contributed by atoms with Gasteiger partial charge < -0.3 is 9.47 Å². The van der Waals surface area contributed by atoms with Crippen LogP contribution in [0.1, 0.15) is 114 Å². The minimum atomic E-state index is -1.44. The van der Waals surface area contributed by atoms with E-state index >= 15 is 0 Å². The zero-order chi connectivity index (χ0) is 33.9. The van der Waals surface area contributed by atoms with Gasteiger partial charge in [0.1, 0.15) is 17.3 Å². The summed E-state index contributed by atoms with van der Waals surface area (Å²) in [6.45, 7) is 16.0. The van der Waals surface area contributed by atoms with Gasteiger partial charge in [-0.2, -0.15) is 0 Å². The smallest absolute Gasteiger partial charge is 0.309 e. The average Bonchev–Trinajstić information content (AvgIpc) is 3.16. The van der Waals surface area contributed by atoms with E-state index in [0.29, 0.717) is 13.0 Å². The quantitative estimate of drug-likeness (QED) is 0.232. The molecule has 4 aliphatic rings. The van der Waals surface area contributed by atoms with Crippen molar-refractivity contribution in [2.45, 2.75) is 120 Å². The Morgan fingerprint density at radius 2 is 1.56 bits per heavy atom. The molecule has 2 fully saturated rings. The third-order valence-electron chi connectivity index (χ3n) is 12.3. The largest absolute Gasteiger partial charge is 0.465 e. The number of carbonyl (C=O) groups is 7. The summed E-state index contributed by atoms with van der Waals surface area (Å²) in [7, 11) is 0. The summed E-state index contributed by atoms with van der Waals surface area (Å²) in [5, 5.41) is 0. The predicted molar refractivity (Wildman–Crippen MR) is 165 cm³/mol. The lowest BCUT2D eigenvalue weighted by Gasteiger charge is -2.59. The van der Waals surface area contributed by atoms with Gasteiger partial charge in [-0.15, -0.1) is 0 Å². The number of ketones is 5. The van der Waals surface area contributed by atoms with E-state index in [2.05, 4.69) is 0 Å². The van der Waals surface area contributed by atoms with Crippen LogP contribution in [-0.2, 0) is 43.0 Å². The molecule has 0 heterocycles. The second kappa shape index (κ2) is 12.0. The van der Waals surface area contributed by atoms with Crippen molar-refractivity contribution in [2.24, 2.45) is 45.3 Å². The van der Waals surface area contributed by atoms with Crippen molar-refractivity contribution >= 4 is 40.9 Å². The van der Waals surface area contributed by atoms with Crippen LogP contribution in [0.25, 0.3) is 0 Å². The first-order valence-corrected chi connectivity index (χ1v) is 16.5. The number of fused-ring (bicyclic) bond motifs is 4. The molecular formula is C36H50O9. The van der Waals surface area contributed by atoms with Gasteiger partial charge in [-0.3, -0.25) is 33.6 Å². The van der Waals surface area contributed by atoms with E-state index in [1.807, 2.05) is 34.6 Å². The van der Waals surface area contributed by atoms with Crippen LogP contribution in [0.2, 0.25) is 0 Å². The monoisotopic (exact) mass is 626 g/mol. The molecule has 248 valence electrons. The Hall–Kier alpha value is -2.97. The van der Waals surface area contributed by atoms with Gasteiger partial charge in [0.15, 0.2) is 11.9 Å². The topological polar surface area (TPSA) is 138 Å². The summed E-state index contributed by atoms with van der Waals surface area (Å²) in [4.78, 5) is 94.3. The molecule has 0 amide bonds. The van der Waals surface area contributed by atoms with Gasteiger partial charge in [0.05, 0.1) is 17.9 Å². The van der Waals surface area contributed by atoms with Crippen LogP contribution in [0.3, 0.4) is 0 Å². The summed E-state index contributed by atoms with van der Waals surface area (Å²) >= 11 is 0. The predicted octanol–water partition coefficient (Wildman–Crippen LogP) is 5.35. The number of Topliss-reactive ketones (excluding diaryl/α,β-unsaturated/α-hetero) is 5. The molecule has 9 nitrogen and oxygen atoms in total. The highest BCUT2D eigenvalue weighted by molar-refractivity contribution is 6.18. The Morgan fingerprint density at radius 1 is 0.911 bits per heavy atom. The molecule has 0 N–H and O–H groups in total. The second-order valence-electron chi connectivity index (χ2n) is 15.3. The third-order valence-corrected chi connectivity index (χ3v) is 12.3. The molecular weight excluding hydrogens is 576 g/mol. The summed E-state index contributed by atoms with van der Waals surface area (Å²) in [6.07, 6.45) is 0.973.